The van der Waals surface area contributed by atoms with Gasteiger partial charge >= 0.3 is 5.97 Å². The van der Waals surface area contributed by atoms with Gasteiger partial charge in [-0.05, 0) is 30.5 Å². The van der Waals surface area contributed by atoms with Crippen molar-refractivity contribution in [1.82, 2.24) is 0 Å². The third-order valence-electron chi connectivity index (χ3n) is 4.39. The lowest BCUT2D eigenvalue weighted by molar-refractivity contribution is 0.0428. The van der Waals surface area contributed by atoms with Crippen molar-refractivity contribution < 1.29 is 9.53 Å². The number of ether oxygens (including phenoxy) is 1. The van der Waals surface area contributed by atoms with E-state index in [-0.39, 0.29) is 5.97 Å². The molecule has 0 aliphatic rings. The Balaban J connectivity index is 3.17. The molecule has 0 aromatic heterocycles. The second kappa shape index (κ2) is 11.4. The lowest BCUT2D eigenvalue weighted by atomic mass is 10.0. The van der Waals surface area contributed by atoms with Crippen LogP contribution in [0.1, 0.15) is 61.0 Å². The van der Waals surface area contributed by atoms with E-state index in [0.717, 1.165) is 24.0 Å². The van der Waals surface area contributed by atoms with E-state index in [1.165, 1.54) is 12.8 Å². The molecule has 0 amide bonds. The van der Waals surface area contributed by atoms with E-state index in [1.54, 1.807) is 0 Å². The zero-order valence-electron chi connectivity index (χ0n) is 19.7. The molecular weight excluding hydrogens is 388 g/mol. The minimum absolute atomic E-state index is 0.281. The van der Waals surface area contributed by atoms with Gasteiger partial charge in [-0.2, -0.15) is 0 Å². The van der Waals surface area contributed by atoms with Gasteiger partial charge in [0.15, 0.2) is 0 Å². The monoisotopic (exact) mass is 426 g/mol. The van der Waals surface area contributed by atoms with Crippen molar-refractivity contribution in [1.29, 1.82) is 0 Å². The van der Waals surface area contributed by atoms with Gasteiger partial charge in [0, 0.05) is 11.1 Å². The van der Waals surface area contributed by atoms with E-state index in [9.17, 15) is 4.79 Å². The number of carbonyl (C=O) groups excluding carboxylic acids is 1. The number of hydrogen-bond acceptors (Lipinski definition) is 2. The highest BCUT2D eigenvalue weighted by atomic mass is 28.3. The lowest BCUT2D eigenvalue weighted by Crippen LogP contribution is -2.17. The summed E-state index contributed by atoms with van der Waals surface area (Å²) in [7, 11) is -3.03. The average molecular weight is 427 g/mol. The Hall–Kier alpha value is -1.76. The first-order chi connectivity index (χ1) is 13.4. The molecule has 0 heterocycles. The number of hydrogen-bond donors (Lipinski definition) is 0. The molecule has 4 heteroatoms. The van der Waals surface area contributed by atoms with Gasteiger partial charge in [-0.15, -0.1) is 11.1 Å². The van der Waals surface area contributed by atoms with E-state index >= 15 is 0 Å². The van der Waals surface area contributed by atoms with E-state index in [4.69, 9.17) is 4.74 Å². The van der Waals surface area contributed by atoms with Gasteiger partial charge in [0.25, 0.3) is 0 Å². The van der Waals surface area contributed by atoms with Crippen molar-refractivity contribution >= 4 is 22.1 Å². The topological polar surface area (TPSA) is 26.3 Å². The van der Waals surface area contributed by atoms with Gasteiger partial charge < -0.3 is 4.74 Å². The SMILES string of the molecule is CCCCC(CC)COC(=O)c1cc(C#C[Si](C)(C)C)ccc1C#C[Si](C)(C)C. The number of rotatable bonds is 7. The standard InChI is InChI=1S/C25H38O2Si2/c1-9-11-12-21(10-2)20-27-25(26)24-19-22(15-17-28(3,4)5)13-14-23(24)16-18-29(6,7)8/h13-14,19,21H,9-12,20H2,1-8H3. The first-order valence-corrected chi connectivity index (χ1v) is 17.8. The molecule has 1 unspecified atom stereocenters. The minimum atomic E-state index is -1.54. The largest absolute Gasteiger partial charge is 0.462 e. The Labute approximate surface area is 180 Å². The van der Waals surface area contributed by atoms with E-state index in [0.29, 0.717) is 18.1 Å². The quantitative estimate of drug-likeness (QED) is 0.282. The molecule has 1 rings (SSSR count). The summed E-state index contributed by atoms with van der Waals surface area (Å²) in [6.07, 6.45) is 4.46. The molecule has 0 saturated heterocycles. The van der Waals surface area contributed by atoms with Gasteiger partial charge in [-0.3, -0.25) is 0 Å². The smallest absolute Gasteiger partial charge is 0.339 e. The Morgan fingerprint density at radius 1 is 1.00 bits per heavy atom. The third kappa shape index (κ3) is 10.5. The maximum atomic E-state index is 12.9. The summed E-state index contributed by atoms with van der Waals surface area (Å²) in [6.45, 7) is 18.1. The number of unbranched alkanes of at least 4 members (excludes halogenated alkanes) is 1. The van der Waals surface area contributed by atoms with Crippen molar-refractivity contribution in [2.45, 2.75) is 78.8 Å². The molecule has 1 aromatic rings. The molecule has 1 aromatic carbocycles. The predicted molar refractivity (Wildman–Crippen MR) is 130 cm³/mol. The zero-order chi connectivity index (χ0) is 22.1. The van der Waals surface area contributed by atoms with E-state index in [1.807, 2.05) is 18.2 Å². The molecule has 0 fully saturated rings. The van der Waals surface area contributed by atoms with Crippen molar-refractivity contribution in [3.8, 4) is 22.9 Å². The molecule has 0 aliphatic heterocycles. The summed E-state index contributed by atoms with van der Waals surface area (Å²) in [5.74, 6) is 6.63. The summed E-state index contributed by atoms with van der Waals surface area (Å²) >= 11 is 0. The van der Waals surface area contributed by atoms with Crippen LogP contribution in [0.5, 0.6) is 0 Å². The number of carbonyl (C=O) groups is 1. The van der Waals surface area contributed by atoms with Gasteiger partial charge in [0.2, 0.25) is 0 Å². The fourth-order valence-corrected chi connectivity index (χ4v) is 3.61. The van der Waals surface area contributed by atoms with Crippen LogP contribution in [0.25, 0.3) is 0 Å². The van der Waals surface area contributed by atoms with Crippen LogP contribution in [0.3, 0.4) is 0 Å². The Morgan fingerprint density at radius 2 is 1.62 bits per heavy atom. The Bertz CT molecular complexity index is 806. The van der Waals surface area contributed by atoms with Crippen LogP contribution in [-0.4, -0.2) is 28.7 Å². The van der Waals surface area contributed by atoms with Crippen LogP contribution >= 0.6 is 0 Å². The number of benzene rings is 1. The Kier molecular flexibility index (Phi) is 9.97. The molecule has 0 radical (unpaired) electrons. The summed E-state index contributed by atoms with van der Waals surface area (Å²) in [5, 5.41) is 0. The van der Waals surface area contributed by atoms with E-state index < -0.39 is 16.1 Å². The maximum absolute atomic E-state index is 12.9. The van der Waals surface area contributed by atoms with Crippen LogP contribution in [0, 0.1) is 28.8 Å². The van der Waals surface area contributed by atoms with Crippen molar-refractivity contribution in [3.63, 3.8) is 0 Å². The summed E-state index contributed by atoms with van der Waals surface area (Å²) in [4.78, 5) is 12.9. The molecule has 158 valence electrons. The fraction of sp³-hybridized carbons (Fsp3) is 0.560. The van der Waals surface area contributed by atoms with Gasteiger partial charge in [0.05, 0.1) is 12.2 Å². The fourth-order valence-electron chi connectivity index (χ4n) is 2.58. The first kappa shape index (κ1) is 25.3. The normalized spacial score (nSPS) is 12.3. The summed E-state index contributed by atoms with van der Waals surface area (Å²) in [5.41, 5.74) is 8.89. The van der Waals surface area contributed by atoms with Crippen LogP contribution in [0.2, 0.25) is 39.3 Å². The highest BCUT2D eigenvalue weighted by Gasteiger charge is 2.16. The van der Waals surface area contributed by atoms with Crippen molar-refractivity contribution in [2.24, 2.45) is 5.92 Å². The first-order valence-electron chi connectivity index (χ1n) is 10.8. The number of esters is 1. The van der Waals surface area contributed by atoms with Crippen LogP contribution < -0.4 is 0 Å². The van der Waals surface area contributed by atoms with Gasteiger partial charge in [-0.1, -0.05) is 84.2 Å². The molecule has 0 bridgehead atoms. The molecule has 0 saturated carbocycles. The molecule has 0 spiro atoms. The second-order valence-corrected chi connectivity index (χ2v) is 19.3. The molecule has 1 atom stereocenters. The maximum Gasteiger partial charge on any atom is 0.339 e. The third-order valence-corrected chi connectivity index (χ3v) is 6.14. The molecular formula is C25H38O2Si2. The Morgan fingerprint density at radius 3 is 2.17 bits per heavy atom. The highest BCUT2D eigenvalue weighted by Crippen LogP contribution is 2.17. The molecule has 29 heavy (non-hydrogen) atoms. The second-order valence-electron chi connectivity index (χ2n) is 9.78. The van der Waals surface area contributed by atoms with Crippen LogP contribution in [0.15, 0.2) is 18.2 Å². The lowest BCUT2D eigenvalue weighted by Gasteiger charge is -2.15. The highest BCUT2D eigenvalue weighted by molar-refractivity contribution is 6.84. The van der Waals surface area contributed by atoms with Gasteiger partial charge in [-0.25, -0.2) is 4.79 Å². The predicted octanol–water partition coefficient (Wildman–Crippen LogP) is 6.52. The van der Waals surface area contributed by atoms with E-state index in [2.05, 4.69) is 76.1 Å². The van der Waals surface area contributed by atoms with Crippen molar-refractivity contribution in [3.05, 3.63) is 34.9 Å². The summed E-state index contributed by atoms with van der Waals surface area (Å²) < 4.78 is 5.72. The summed E-state index contributed by atoms with van der Waals surface area (Å²) in [6, 6.07) is 5.75. The molecule has 0 N–H and O–H groups in total. The van der Waals surface area contributed by atoms with Crippen molar-refractivity contribution in [2.75, 3.05) is 6.61 Å². The van der Waals surface area contributed by atoms with Crippen LogP contribution in [0.4, 0.5) is 0 Å². The zero-order valence-corrected chi connectivity index (χ0v) is 21.7. The molecule has 0 aliphatic carbocycles. The van der Waals surface area contributed by atoms with Crippen LogP contribution in [-0.2, 0) is 4.74 Å². The average Bonchev–Trinajstić information content (AvgIpc) is 2.63. The van der Waals surface area contributed by atoms with Gasteiger partial charge in [0.1, 0.15) is 16.1 Å². The molecule has 2 nitrogen and oxygen atoms in total. The minimum Gasteiger partial charge on any atom is -0.462 e.